The van der Waals surface area contributed by atoms with Crippen molar-refractivity contribution in [2.75, 3.05) is 46.4 Å². The lowest BCUT2D eigenvalue weighted by Gasteiger charge is -2.34. The molecule has 1 saturated heterocycles. The fraction of sp³-hybridized carbons (Fsp3) is 0.400. The molecule has 1 aromatic carbocycles. The van der Waals surface area contributed by atoms with Crippen molar-refractivity contribution >= 4 is 5.91 Å². The maximum atomic E-state index is 12.3. The van der Waals surface area contributed by atoms with E-state index in [4.69, 9.17) is 9.47 Å². The van der Waals surface area contributed by atoms with Gasteiger partial charge in [-0.3, -0.25) is 14.7 Å². The Morgan fingerprint density at radius 1 is 1.04 bits per heavy atom. The average molecular weight is 355 g/mol. The van der Waals surface area contributed by atoms with Crippen LogP contribution in [-0.4, -0.2) is 67.1 Å². The Balaban J connectivity index is 1.37. The summed E-state index contributed by atoms with van der Waals surface area (Å²) < 4.78 is 10.7. The summed E-state index contributed by atoms with van der Waals surface area (Å²) in [6, 6.07) is 13.3. The topological polar surface area (TPSA) is 54.9 Å². The summed E-state index contributed by atoms with van der Waals surface area (Å²) >= 11 is 0. The molecule has 2 aromatic rings. The molecule has 0 atom stereocenters. The van der Waals surface area contributed by atoms with Crippen LogP contribution in [0.5, 0.6) is 11.5 Å². The highest BCUT2D eigenvalue weighted by Crippen LogP contribution is 2.17. The van der Waals surface area contributed by atoms with Crippen LogP contribution in [0.3, 0.4) is 0 Å². The smallest absolute Gasteiger partial charge is 0.260 e. The molecule has 3 rings (SSSR count). The van der Waals surface area contributed by atoms with Gasteiger partial charge in [-0.1, -0.05) is 6.07 Å². The summed E-state index contributed by atoms with van der Waals surface area (Å²) in [5.41, 5.74) is 1.11. The summed E-state index contributed by atoms with van der Waals surface area (Å²) in [5.74, 6) is 1.48. The summed E-state index contributed by atoms with van der Waals surface area (Å²) in [6.45, 7) is 4.31. The van der Waals surface area contributed by atoms with Crippen molar-refractivity contribution in [2.24, 2.45) is 0 Å². The third kappa shape index (κ3) is 5.20. The van der Waals surface area contributed by atoms with E-state index in [1.165, 1.54) is 0 Å². The minimum Gasteiger partial charge on any atom is -0.497 e. The first kappa shape index (κ1) is 18.2. The molecule has 6 heteroatoms. The second-order valence-electron chi connectivity index (χ2n) is 6.26. The van der Waals surface area contributed by atoms with Gasteiger partial charge < -0.3 is 14.4 Å². The lowest BCUT2D eigenvalue weighted by Crippen LogP contribution is -2.50. The van der Waals surface area contributed by atoms with Crippen LogP contribution in [0.2, 0.25) is 0 Å². The van der Waals surface area contributed by atoms with Crippen molar-refractivity contribution in [1.82, 2.24) is 14.8 Å². The van der Waals surface area contributed by atoms with Crippen molar-refractivity contribution in [1.29, 1.82) is 0 Å². The molecule has 138 valence electrons. The van der Waals surface area contributed by atoms with Crippen LogP contribution in [-0.2, 0) is 11.2 Å². The number of piperazine rings is 1. The number of pyridine rings is 1. The second kappa shape index (κ2) is 9.20. The summed E-state index contributed by atoms with van der Waals surface area (Å²) in [7, 11) is 1.62. The number of methoxy groups -OCH3 is 1. The van der Waals surface area contributed by atoms with Gasteiger partial charge in [-0.05, 0) is 36.4 Å². The highest BCUT2D eigenvalue weighted by Gasteiger charge is 2.21. The van der Waals surface area contributed by atoms with Crippen molar-refractivity contribution in [3.05, 3.63) is 54.4 Å². The summed E-state index contributed by atoms with van der Waals surface area (Å²) in [5, 5.41) is 0. The third-order valence-corrected chi connectivity index (χ3v) is 4.56. The molecular weight excluding hydrogens is 330 g/mol. The number of hydrogen-bond acceptors (Lipinski definition) is 5. The average Bonchev–Trinajstić information content (AvgIpc) is 2.72. The van der Waals surface area contributed by atoms with E-state index in [1.807, 2.05) is 47.5 Å². The zero-order chi connectivity index (χ0) is 18.2. The first-order valence-electron chi connectivity index (χ1n) is 8.91. The molecule has 1 aliphatic rings. The van der Waals surface area contributed by atoms with Crippen LogP contribution < -0.4 is 9.47 Å². The van der Waals surface area contributed by atoms with Crippen molar-refractivity contribution in [3.8, 4) is 11.5 Å². The van der Waals surface area contributed by atoms with Crippen molar-refractivity contribution in [3.63, 3.8) is 0 Å². The van der Waals surface area contributed by atoms with E-state index in [9.17, 15) is 4.79 Å². The second-order valence-corrected chi connectivity index (χ2v) is 6.26. The van der Waals surface area contributed by atoms with E-state index in [0.29, 0.717) is 5.75 Å². The fourth-order valence-corrected chi connectivity index (χ4v) is 2.95. The normalized spacial score (nSPS) is 14.9. The highest BCUT2D eigenvalue weighted by atomic mass is 16.5. The Labute approximate surface area is 154 Å². The molecule has 0 unspecified atom stereocenters. The number of nitrogens with zero attached hydrogens (tertiary/aromatic N) is 3. The molecule has 1 amide bonds. The summed E-state index contributed by atoms with van der Waals surface area (Å²) in [6.07, 6.45) is 2.77. The quantitative estimate of drug-likeness (QED) is 0.759. The van der Waals surface area contributed by atoms with E-state index in [-0.39, 0.29) is 12.5 Å². The SMILES string of the molecule is COc1ccc(OCC(=O)N2CCN(CCc3ccccn3)CC2)cc1. The van der Waals surface area contributed by atoms with Gasteiger partial charge in [-0.15, -0.1) is 0 Å². The number of carbonyl (C=O) groups is 1. The van der Waals surface area contributed by atoms with Crippen LogP contribution in [0.4, 0.5) is 0 Å². The molecule has 0 radical (unpaired) electrons. The lowest BCUT2D eigenvalue weighted by molar-refractivity contribution is -0.135. The van der Waals surface area contributed by atoms with Crippen LogP contribution >= 0.6 is 0 Å². The van der Waals surface area contributed by atoms with Gasteiger partial charge in [0.25, 0.3) is 5.91 Å². The molecule has 1 aliphatic heterocycles. The zero-order valence-corrected chi connectivity index (χ0v) is 15.1. The Bertz CT molecular complexity index is 683. The van der Waals surface area contributed by atoms with Crippen molar-refractivity contribution in [2.45, 2.75) is 6.42 Å². The Morgan fingerprint density at radius 3 is 2.42 bits per heavy atom. The van der Waals surface area contributed by atoms with Gasteiger partial charge in [0.15, 0.2) is 6.61 Å². The summed E-state index contributed by atoms with van der Waals surface area (Å²) in [4.78, 5) is 20.9. The number of ether oxygens (including phenoxy) is 2. The molecule has 0 saturated carbocycles. The third-order valence-electron chi connectivity index (χ3n) is 4.56. The number of carbonyl (C=O) groups excluding carboxylic acids is 1. The number of amides is 1. The number of aromatic nitrogens is 1. The first-order valence-corrected chi connectivity index (χ1v) is 8.91. The predicted octanol–water partition coefficient (Wildman–Crippen LogP) is 1.86. The molecule has 6 nitrogen and oxygen atoms in total. The van der Waals surface area contributed by atoms with E-state index in [2.05, 4.69) is 16.0 Å². The maximum Gasteiger partial charge on any atom is 0.260 e. The monoisotopic (exact) mass is 355 g/mol. The molecule has 1 aromatic heterocycles. The molecule has 2 heterocycles. The van der Waals surface area contributed by atoms with E-state index in [1.54, 1.807) is 7.11 Å². The van der Waals surface area contributed by atoms with E-state index >= 15 is 0 Å². The molecule has 0 aliphatic carbocycles. The van der Waals surface area contributed by atoms with Gasteiger partial charge in [0, 0.05) is 51.0 Å². The highest BCUT2D eigenvalue weighted by molar-refractivity contribution is 5.77. The fourth-order valence-electron chi connectivity index (χ4n) is 2.95. The Morgan fingerprint density at radius 2 is 1.77 bits per heavy atom. The van der Waals surface area contributed by atoms with Crippen LogP contribution in [0.25, 0.3) is 0 Å². The molecule has 1 fully saturated rings. The Hall–Kier alpha value is -2.60. The number of rotatable bonds is 7. The van der Waals surface area contributed by atoms with Crippen LogP contribution in [0.15, 0.2) is 48.7 Å². The molecule has 26 heavy (non-hydrogen) atoms. The Kier molecular flexibility index (Phi) is 6.44. The molecule has 0 N–H and O–H groups in total. The van der Waals surface area contributed by atoms with Crippen LogP contribution in [0, 0.1) is 0 Å². The van der Waals surface area contributed by atoms with Gasteiger partial charge >= 0.3 is 0 Å². The largest absolute Gasteiger partial charge is 0.497 e. The van der Waals surface area contributed by atoms with Gasteiger partial charge in [-0.25, -0.2) is 0 Å². The minimum absolute atomic E-state index is 0.0326. The van der Waals surface area contributed by atoms with E-state index < -0.39 is 0 Å². The van der Waals surface area contributed by atoms with Gasteiger partial charge in [-0.2, -0.15) is 0 Å². The lowest BCUT2D eigenvalue weighted by atomic mass is 10.2. The predicted molar refractivity (Wildman–Crippen MR) is 99.5 cm³/mol. The standard InChI is InChI=1S/C20H25N3O3/c1-25-18-5-7-19(8-6-18)26-16-20(24)23-14-12-22(13-15-23)11-9-17-4-2-3-10-21-17/h2-8,10H,9,11-16H2,1H3. The number of benzene rings is 1. The molecular formula is C20H25N3O3. The van der Waals surface area contributed by atoms with Gasteiger partial charge in [0.05, 0.1) is 7.11 Å². The first-order chi connectivity index (χ1) is 12.7. The molecule has 0 spiro atoms. The number of hydrogen-bond donors (Lipinski definition) is 0. The van der Waals surface area contributed by atoms with Gasteiger partial charge in [0.2, 0.25) is 0 Å². The maximum absolute atomic E-state index is 12.3. The minimum atomic E-state index is 0.0326. The zero-order valence-electron chi connectivity index (χ0n) is 15.1. The van der Waals surface area contributed by atoms with E-state index in [0.717, 1.165) is 50.6 Å². The van der Waals surface area contributed by atoms with Crippen LogP contribution in [0.1, 0.15) is 5.69 Å². The molecule has 0 bridgehead atoms. The van der Waals surface area contributed by atoms with Gasteiger partial charge in [0.1, 0.15) is 11.5 Å². The van der Waals surface area contributed by atoms with Crippen molar-refractivity contribution < 1.29 is 14.3 Å².